The normalized spacial score (nSPS) is 27.0. The Morgan fingerprint density at radius 3 is 3.07 bits per heavy atom. The van der Waals surface area contributed by atoms with Crippen molar-refractivity contribution >= 4 is 0 Å². The summed E-state index contributed by atoms with van der Waals surface area (Å²) in [5, 5.41) is 3.56. The van der Waals surface area contributed by atoms with E-state index in [-0.39, 0.29) is 0 Å². The number of hydrogen-bond donors (Lipinski definition) is 1. The number of nitrogens with zero attached hydrogens (tertiary/aromatic N) is 2. The van der Waals surface area contributed by atoms with Gasteiger partial charge in [0.25, 0.3) is 0 Å². The standard InChI is InChI=1S/C11H19N3/c1-3-12-10-5-4-6-11(10)14-8-7-13-9(14)2/h7-8,10-12H,3-6H2,1-2H3. The Balaban J connectivity index is 2.13. The van der Waals surface area contributed by atoms with Crippen molar-refractivity contribution in [3.63, 3.8) is 0 Å². The molecule has 0 aromatic carbocycles. The molecule has 1 heterocycles. The van der Waals surface area contributed by atoms with E-state index in [1.165, 1.54) is 19.3 Å². The Hall–Kier alpha value is -0.830. The lowest BCUT2D eigenvalue weighted by Crippen LogP contribution is -2.33. The Labute approximate surface area is 85.5 Å². The molecule has 2 unspecified atom stereocenters. The number of aromatic nitrogens is 2. The largest absolute Gasteiger partial charge is 0.331 e. The van der Waals surface area contributed by atoms with Gasteiger partial charge in [0.05, 0.1) is 6.04 Å². The van der Waals surface area contributed by atoms with Crippen LogP contribution in [0.4, 0.5) is 0 Å². The monoisotopic (exact) mass is 193 g/mol. The van der Waals surface area contributed by atoms with Gasteiger partial charge in [0.1, 0.15) is 5.82 Å². The first-order chi connectivity index (χ1) is 6.83. The molecule has 3 heteroatoms. The number of aryl methyl sites for hydroxylation is 1. The molecule has 1 saturated carbocycles. The van der Waals surface area contributed by atoms with E-state index >= 15 is 0 Å². The average molecular weight is 193 g/mol. The molecule has 1 aliphatic rings. The quantitative estimate of drug-likeness (QED) is 0.794. The number of imidazole rings is 1. The van der Waals surface area contributed by atoms with Crippen LogP contribution in [0.25, 0.3) is 0 Å². The topological polar surface area (TPSA) is 29.9 Å². The van der Waals surface area contributed by atoms with Crippen LogP contribution in [-0.4, -0.2) is 22.1 Å². The molecule has 0 amide bonds. The number of likely N-dealkylation sites (N-methyl/N-ethyl adjacent to an activating group) is 1. The summed E-state index contributed by atoms with van der Waals surface area (Å²) in [7, 11) is 0. The molecule has 1 aromatic heterocycles. The van der Waals surface area contributed by atoms with Crippen molar-refractivity contribution in [2.45, 2.75) is 45.2 Å². The van der Waals surface area contributed by atoms with Crippen LogP contribution in [0.1, 0.15) is 38.1 Å². The smallest absolute Gasteiger partial charge is 0.105 e. The molecule has 1 aromatic rings. The third-order valence-corrected chi connectivity index (χ3v) is 3.17. The van der Waals surface area contributed by atoms with Crippen LogP contribution in [-0.2, 0) is 0 Å². The van der Waals surface area contributed by atoms with Crippen molar-refractivity contribution in [1.82, 2.24) is 14.9 Å². The second kappa shape index (κ2) is 4.13. The number of nitrogens with one attached hydrogen (secondary N) is 1. The van der Waals surface area contributed by atoms with Gasteiger partial charge in [-0.1, -0.05) is 6.92 Å². The van der Waals surface area contributed by atoms with Gasteiger partial charge in [-0.15, -0.1) is 0 Å². The highest BCUT2D eigenvalue weighted by Gasteiger charge is 2.28. The van der Waals surface area contributed by atoms with Crippen molar-refractivity contribution in [2.24, 2.45) is 0 Å². The highest BCUT2D eigenvalue weighted by molar-refractivity contribution is 4.98. The van der Waals surface area contributed by atoms with Crippen molar-refractivity contribution in [2.75, 3.05) is 6.54 Å². The summed E-state index contributed by atoms with van der Waals surface area (Å²) in [4.78, 5) is 4.29. The van der Waals surface area contributed by atoms with Gasteiger partial charge in [-0.05, 0) is 32.7 Å². The molecule has 2 rings (SSSR count). The summed E-state index contributed by atoms with van der Waals surface area (Å²) in [6.45, 7) is 5.33. The van der Waals surface area contributed by atoms with E-state index in [1.807, 2.05) is 6.20 Å². The second-order valence-electron chi connectivity index (χ2n) is 4.04. The van der Waals surface area contributed by atoms with Crippen LogP contribution >= 0.6 is 0 Å². The zero-order valence-electron chi connectivity index (χ0n) is 9.03. The fourth-order valence-electron chi connectivity index (χ4n) is 2.51. The van der Waals surface area contributed by atoms with E-state index in [0.717, 1.165) is 12.4 Å². The summed E-state index contributed by atoms with van der Waals surface area (Å²) in [5.74, 6) is 1.14. The van der Waals surface area contributed by atoms with Gasteiger partial charge in [0.2, 0.25) is 0 Å². The Bertz CT molecular complexity index is 292. The van der Waals surface area contributed by atoms with Gasteiger partial charge in [0, 0.05) is 18.4 Å². The first-order valence-electron chi connectivity index (χ1n) is 5.55. The highest BCUT2D eigenvalue weighted by Crippen LogP contribution is 2.30. The van der Waals surface area contributed by atoms with Gasteiger partial charge in [-0.2, -0.15) is 0 Å². The molecule has 1 N–H and O–H groups in total. The van der Waals surface area contributed by atoms with Crippen LogP contribution in [0.3, 0.4) is 0 Å². The molecule has 0 radical (unpaired) electrons. The molecular formula is C11H19N3. The zero-order chi connectivity index (χ0) is 9.97. The summed E-state index contributed by atoms with van der Waals surface area (Å²) in [6, 6.07) is 1.27. The van der Waals surface area contributed by atoms with Gasteiger partial charge < -0.3 is 9.88 Å². The predicted molar refractivity (Wildman–Crippen MR) is 57.3 cm³/mol. The number of hydrogen-bond acceptors (Lipinski definition) is 2. The molecule has 0 aliphatic heterocycles. The van der Waals surface area contributed by atoms with Crippen molar-refractivity contribution in [3.05, 3.63) is 18.2 Å². The molecular weight excluding hydrogens is 174 g/mol. The molecule has 0 spiro atoms. The van der Waals surface area contributed by atoms with E-state index in [9.17, 15) is 0 Å². The Morgan fingerprint density at radius 1 is 1.57 bits per heavy atom. The summed E-state index contributed by atoms with van der Waals surface area (Å²) >= 11 is 0. The van der Waals surface area contributed by atoms with E-state index in [4.69, 9.17) is 0 Å². The van der Waals surface area contributed by atoms with Crippen molar-refractivity contribution < 1.29 is 0 Å². The van der Waals surface area contributed by atoms with E-state index in [0.29, 0.717) is 12.1 Å². The predicted octanol–water partition coefficient (Wildman–Crippen LogP) is 1.89. The SMILES string of the molecule is CCNC1CCCC1n1ccnc1C. The lowest BCUT2D eigenvalue weighted by Gasteiger charge is -2.22. The van der Waals surface area contributed by atoms with Crippen LogP contribution < -0.4 is 5.32 Å². The summed E-state index contributed by atoms with van der Waals surface area (Å²) in [5.41, 5.74) is 0. The minimum Gasteiger partial charge on any atom is -0.331 e. The molecule has 14 heavy (non-hydrogen) atoms. The molecule has 3 nitrogen and oxygen atoms in total. The van der Waals surface area contributed by atoms with E-state index in [1.54, 1.807) is 0 Å². The fourth-order valence-corrected chi connectivity index (χ4v) is 2.51. The first-order valence-corrected chi connectivity index (χ1v) is 5.55. The lowest BCUT2D eigenvalue weighted by atomic mass is 10.1. The van der Waals surface area contributed by atoms with Crippen molar-refractivity contribution in [3.8, 4) is 0 Å². The van der Waals surface area contributed by atoms with Crippen LogP contribution in [0.2, 0.25) is 0 Å². The van der Waals surface area contributed by atoms with Gasteiger partial charge in [-0.25, -0.2) is 4.98 Å². The second-order valence-corrected chi connectivity index (χ2v) is 4.04. The summed E-state index contributed by atoms with van der Waals surface area (Å²) in [6.07, 6.45) is 7.93. The minimum atomic E-state index is 0.623. The maximum absolute atomic E-state index is 4.29. The van der Waals surface area contributed by atoms with Gasteiger partial charge in [-0.3, -0.25) is 0 Å². The molecule has 0 saturated heterocycles. The number of rotatable bonds is 3. The summed E-state index contributed by atoms with van der Waals surface area (Å²) < 4.78 is 2.32. The molecule has 2 atom stereocenters. The molecule has 1 fully saturated rings. The molecule has 1 aliphatic carbocycles. The first kappa shape index (κ1) is 9.71. The third kappa shape index (κ3) is 1.69. The average Bonchev–Trinajstić information content (AvgIpc) is 2.74. The van der Waals surface area contributed by atoms with Crippen LogP contribution in [0.5, 0.6) is 0 Å². The third-order valence-electron chi connectivity index (χ3n) is 3.17. The molecule has 0 bridgehead atoms. The van der Waals surface area contributed by atoms with E-state index in [2.05, 4.69) is 34.9 Å². The van der Waals surface area contributed by atoms with Gasteiger partial charge >= 0.3 is 0 Å². The Kier molecular flexibility index (Phi) is 2.87. The van der Waals surface area contributed by atoms with Crippen LogP contribution in [0, 0.1) is 6.92 Å². The zero-order valence-corrected chi connectivity index (χ0v) is 9.03. The molecule has 78 valence electrons. The fraction of sp³-hybridized carbons (Fsp3) is 0.727. The van der Waals surface area contributed by atoms with E-state index < -0.39 is 0 Å². The lowest BCUT2D eigenvalue weighted by molar-refractivity contribution is 0.393. The maximum atomic E-state index is 4.29. The Morgan fingerprint density at radius 2 is 2.43 bits per heavy atom. The maximum Gasteiger partial charge on any atom is 0.105 e. The van der Waals surface area contributed by atoms with Crippen LogP contribution in [0.15, 0.2) is 12.4 Å². The van der Waals surface area contributed by atoms with Crippen molar-refractivity contribution in [1.29, 1.82) is 0 Å². The minimum absolute atomic E-state index is 0.623. The van der Waals surface area contributed by atoms with Gasteiger partial charge in [0.15, 0.2) is 0 Å². The highest BCUT2D eigenvalue weighted by atomic mass is 15.1.